The fraction of sp³-hybridized carbons (Fsp3) is 0.368. The Hall–Kier alpha value is -1.60. The number of benzene rings is 2. The first kappa shape index (κ1) is 13.4. The SMILES string of the molecule is CN(C)CC[C@H]1c2ccccc2C[C@H]1c1ccccc1. The highest BCUT2D eigenvalue weighted by Gasteiger charge is 2.32. The molecule has 1 heteroatoms. The molecule has 0 saturated carbocycles. The Bertz CT molecular complexity index is 559. The smallest absolute Gasteiger partial charge is 0.00188 e. The van der Waals surface area contributed by atoms with Crippen LogP contribution in [0.5, 0.6) is 0 Å². The summed E-state index contributed by atoms with van der Waals surface area (Å²) in [6.07, 6.45) is 2.43. The summed E-state index contributed by atoms with van der Waals surface area (Å²) >= 11 is 0. The van der Waals surface area contributed by atoms with Gasteiger partial charge in [-0.25, -0.2) is 0 Å². The lowest BCUT2D eigenvalue weighted by molar-refractivity contribution is 0.370. The van der Waals surface area contributed by atoms with Crippen molar-refractivity contribution in [3.05, 3.63) is 71.3 Å². The quantitative estimate of drug-likeness (QED) is 0.805. The molecule has 0 bridgehead atoms. The molecule has 0 heterocycles. The van der Waals surface area contributed by atoms with Crippen molar-refractivity contribution in [3.8, 4) is 0 Å². The average molecular weight is 265 g/mol. The molecular weight excluding hydrogens is 242 g/mol. The molecule has 2 aromatic carbocycles. The van der Waals surface area contributed by atoms with Crippen LogP contribution in [0.1, 0.15) is 34.9 Å². The topological polar surface area (TPSA) is 3.24 Å². The van der Waals surface area contributed by atoms with Crippen LogP contribution in [0.4, 0.5) is 0 Å². The maximum atomic E-state index is 2.33. The predicted molar refractivity (Wildman–Crippen MR) is 85.2 cm³/mol. The van der Waals surface area contributed by atoms with E-state index < -0.39 is 0 Å². The maximum Gasteiger partial charge on any atom is -0.00188 e. The Morgan fingerprint density at radius 2 is 1.65 bits per heavy atom. The molecule has 3 rings (SSSR count). The summed E-state index contributed by atoms with van der Waals surface area (Å²) in [5.41, 5.74) is 4.61. The van der Waals surface area contributed by atoms with Crippen LogP contribution in [0.2, 0.25) is 0 Å². The monoisotopic (exact) mass is 265 g/mol. The largest absolute Gasteiger partial charge is 0.309 e. The fourth-order valence-electron chi connectivity index (χ4n) is 3.48. The first-order valence-electron chi connectivity index (χ1n) is 7.53. The highest BCUT2D eigenvalue weighted by Crippen LogP contribution is 2.45. The number of fused-ring (bicyclic) bond motifs is 1. The normalized spacial score (nSPS) is 21.1. The molecule has 0 radical (unpaired) electrons. The fourth-order valence-corrected chi connectivity index (χ4v) is 3.48. The second kappa shape index (κ2) is 5.80. The lowest BCUT2D eigenvalue weighted by atomic mass is 9.84. The van der Waals surface area contributed by atoms with Crippen molar-refractivity contribution in [2.45, 2.75) is 24.7 Å². The van der Waals surface area contributed by atoms with E-state index in [9.17, 15) is 0 Å². The highest BCUT2D eigenvalue weighted by atomic mass is 15.0. The van der Waals surface area contributed by atoms with Crippen LogP contribution in [-0.2, 0) is 6.42 Å². The zero-order valence-electron chi connectivity index (χ0n) is 12.4. The molecule has 1 aliphatic carbocycles. The molecule has 2 aromatic rings. The number of hydrogen-bond acceptors (Lipinski definition) is 1. The molecule has 0 amide bonds. The van der Waals surface area contributed by atoms with Gasteiger partial charge in [0.25, 0.3) is 0 Å². The number of hydrogen-bond donors (Lipinski definition) is 0. The van der Waals surface area contributed by atoms with Crippen LogP contribution < -0.4 is 0 Å². The van der Waals surface area contributed by atoms with Crippen molar-refractivity contribution in [2.75, 3.05) is 20.6 Å². The number of rotatable bonds is 4. The lowest BCUT2D eigenvalue weighted by Gasteiger charge is -2.22. The zero-order chi connectivity index (χ0) is 13.9. The van der Waals surface area contributed by atoms with Crippen molar-refractivity contribution < 1.29 is 0 Å². The summed E-state index contributed by atoms with van der Waals surface area (Å²) in [5, 5.41) is 0. The van der Waals surface area contributed by atoms with E-state index in [0.717, 1.165) is 6.54 Å². The molecule has 20 heavy (non-hydrogen) atoms. The van der Waals surface area contributed by atoms with Crippen LogP contribution in [0.15, 0.2) is 54.6 Å². The predicted octanol–water partition coefficient (Wildman–Crippen LogP) is 4.06. The van der Waals surface area contributed by atoms with E-state index in [1.807, 2.05) is 0 Å². The van der Waals surface area contributed by atoms with Gasteiger partial charge in [-0.05, 0) is 62.0 Å². The van der Waals surface area contributed by atoms with Crippen molar-refractivity contribution in [2.24, 2.45) is 0 Å². The molecule has 1 nitrogen and oxygen atoms in total. The van der Waals surface area contributed by atoms with Gasteiger partial charge in [-0.15, -0.1) is 0 Å². The van der Waals surface area contributed by atoms with E-state index in [1.165, 1.54) is 18.4 Å². The van der Waals surface area contributed by atoms with Crippen molar-refractivity contribution in [1.82, 2.24) is 4.90 Å². The van der Waals surface area contributed by atoms with Gasteiger partial charge in [0, 0.05) is 0 Å². The third-order valence-electron chi connectivity index (χ3n) is 4.50. The second-order valence-electron chi connectivity index (χ2n) is 6.12. The Morgan fingerprint density at radius 1 is 0.950 bits per heavy atom. The van der Waals surface area contributed by atoms with Gasteiger partial charge in [-0.2, -0.15) is 0 Å². The van der Waals surface area contributed by atoms with Gasteiger partial charge in [0.2, 0.25) is 0 Å². The lowest BCUT2D eigenvalue weighted by Crippen LogP contribution is -2.17. The molecule has 2 atom stereocenters. The molecule has 0 unspecified atom stereocenters. The van der Waals surface area contributed by atoms with Crippen LogP contribution >= 0.6 is 0 Å². The molecular formula is C19H23N. The van der Waals surface area contributed by atoms with Crippen molar-refractivity contribution in [3.63, 3.8) is 0 Å². The summed E-state index contributed by atoms with van der Waals surface area (Å²) in [7, 11) is 4.33. The minimum absolute atomic E-state index is 0.647. The third-order valence-corrected chi connectivity index (χ3v) is 4.50. The minimum atomic E-state index is 0.647. The second-order valence-corrected chi connectivity index (χ2v) is 6.12. The summed E-state index contributed by atoms with van der Waals surface area (Å²) in [4.78, 5) is 2.29. The van der Waals surface area contributed by atoms with Crippen LogP contribution in [0.3, 0.4) is 0 Å². The standard InChI is InChI=1S/C19H23N/c1-20(2)13-12-18-17-11-7-6-10-16(17)14-19(18)15-8-4-3-5-9-15/h3-11,18-19H,12-14H2,1-2H3/t18-,19-/m0/s1. The molecule has 0 fully saturated rings. The van der Waals surface area contributed by atoms with Crippen molar-refractivity contribution >= 4 is 0 Å². The highest BCUT2D eigenvalue weighted by molar-refractivity contribution is 5.41. The summed E-state index contributed by atoms with van der Waals surface area (Å²) in [6.45, 7) is 1.16. The Balaban J connectivity index is 1.90. The third kappa shape index (κ3) is 2.64. The molecule has 104 valence electrons. The van der Waals surface area contributed by atoms with Gasteiger partial charge in [-0.3, -0.25) is 0 Å². The van der Waals surface area contributed by atoms with Gasteiger partial charge >= 0.3 is 0 Å². The van der Waals surface area contributed by atoms with E-state index in [4.69, 9.17) is 0 Å². The molecule has 0 spiro atoms. The summed E-state index contributed by atoms with van der Waals surface area (Å²) in [6, 6.07) is 20.0. The number of nitrogens with zero attached hydrogens (tertiary/aromatic N) is 1. The Labute approximate surface area is 122 Å². The van der Waals surface area contributed by atoms with Crippen molar-refractivity contribution in [1.29, 1.82) is 0 Å². The van der Waals surface area contributed by atoms with E-state index >= 15 is 0 Å². The van der Waals surface area contributed by atoms with Gasteiger partial charge in [0.05, 0.1) is 0 Å². The van der Waals surface area contributed by atoms with Gasteiger partial charge in [-0.1, -0.05) is 54.6 Å². The minimum Gasteiger partial charge on any atom is -0.309 e. The van der Waals surface area contributed by atoms with Crippen LogP contribution in [-0.4, -0.2) is 25.5 Å². The first-order chi connectivity index (χ1) is 9.75. The molecule has 0 aliphatic heterocycles. The molecule has 0 N–H and O–H groups in total. The summed E-state index contributed by atoms with van der Waals surface area (Å²) < 4.78 is 0. The summed E-state index contributed by atoms with van der Waals surface area (Å²) in [5.74, 6) is 1.31. The van der Waals surface area contributed by atoms with Crippen LogP contribution in [0.25, 0.3) is 0 Å². The Morgan fingerprint density at radius 3 is 2.40 bits per heavy atom. The van der Waals surface area contributed by atoms with Gasteiger partial charge < -0.3 is 4.90 Å². The Kier molecular flexibility index (Phi) is 3.88. The molecule has 0 saturated heterocycles. The van der Waals surface area contributed by atoms with Gasteiger partial charge in [0.15, 0.2) is 0 Å². The average Bonchev–Trinajstić information content (AvgIpc) is 2.84. The zero-order valence-corrected chi connectivity index (χ0v) is 12.4. The van der Waals surface area contributed by atoms with Crippen LogP contribution in [0, 0.1) is 0 Å². The van der Waals surface area contributed by atoms with E-state index in [2.05, 4.69) is 73.6 Å². The van der Waals surface area contributed by atoms with E-state index in [1.54, 1.807) is 11.1 Å². The molecule has 0 aromatic heterocycles. The first-order valence-corrected chi connectivity index (χ1v) is 7.53. The molecule has 1 aliphatic rings. The van der Waals surface area contributed by atoms with Gasteiger partial charge in [0.1, 0.15) is 0 Å². The van der Waals surface area contributed by atoms with E-state index in [-0.39, 0.29) is 0 Å². The van der Waals surface area contributed by atoms with E-state index in [0.29, 0.717) is 11.8 Å². The maximum absolute atomic E-state index is 2.33.